The van der Waals surface area contributed by atoms with E-state index in [0.717, 1.165) is 18.8 Å². The van der Waals surface area contributed by atoms with Gasteiger partial charge in [-0.25, -0.2) is 0 Å². The molecule has 0 aliphatic rings. The lowest BCUT2D eigenvalue weighted by Gasteiger charge is -2.25. The van der Waals surface area contributed by atoms with Crippen molar-refractivity contribution in [3.8, 4) is 0 Å². The van der Waals surface area contributed by atoms with E-state index in [1.165, 1.54) is 6.26 Å². The Labute approximate surface area is 133 Å². The van der Waals surface area contributed by atoms with Gasteiger partial charge >= 0.3 is 0 Å². The number of hydrogen-bond donors (Lipinski definition) is 1. The first-order valence-electron chi connectivity index (χ1n) is 6.31. The minimum Gasteiger partial charge on any atom is -0.447 e. The lowest BCUT2D eigenvalue weighted by atomic mass is 10.2. The van der Waals surface area contributed by atoms with Gasteiger partial charge in [0.15, 0.2) is 0 Å². The van der Waals surface area contributed by atoms with Gasteiger partial charge in [-0.1, -0.05) is 34.8 Å². The maximum atomic E-state index is 6.32. The van der Waals surface area contributed by atoms with Gasteiger partial charge in [0.25, 0.3) is 0 Å². The summed E-state index contributed by atoms with van der Waals surface area (Å²) in [5.41, 5.74) is 1.65. The highest BCUT2D eigenvalue weighted by molar-refractivity contribution is 6.44. The molecule has 2 aromatic rings. The average molecular weight is 334 g/mol. The van der Waals surface area contributed by atoms with E-state index in [4.69, 9.17) is 39.2 Å². The zero-order valence-corrected chi connectivity index (χ0v) is 13.5. The van der Waals surface area contributed by atoms with Crippen LogP contribution in [0.25, 0.3) is 0 Å². The second kappa shape index (κ2) is 6.61. The molecular weight excluding hydrogens is 319 g/mol. The van der Waals surface area contributed by atoms with Crippen LogP contribution < -0.4 is 10.2 Å². The Kier molecular flexibility index (Phi) is 5.08. The van der Waals surface area contributed by atoms with Gasteiger partial charge in [0.05, 0.1) is 27.7 Å². The summed E-state index contributed by atoms with van der Waals surface area (Å²) in [7, 11) is 0. The molecule has 0 radical (unpaired) electrons. The zero-order valence-electron chi connectivity index (χ0n) is 11.2. The SMILES string of the molecule is CCN(CC)c1ccc(Cl)c(Cl)c1Nc1occc1Cl. The fraction of sp³-hybridized carbons (Fsp3) is 0.286. The fourth-order valence-electron chi connectivity index (χ4n) is 1.98. The fourth-order valence-corrected chi connectivity index (χ4v) is 2.49. The maximum Gasteiger partial charge on any atom is 0.215 e. The molecule has 1 aromatic carbocycles. The summed E-state index contributed by atoms with van der Waals surface area (Å²) >= 11 is 18.5. The predicted octanol–water partition coefficient (Wildman–Crippen LogP) is 5.83. The van der Waals surface area contributed by atoms with Crippen molar-refractivity contribution in [3.05, 3.63) is 39.5 Å². The summed E-state index contributed by atoms with van der Waals surface area (Å²) in [4.78, 5) is 2.17. The summed E-state index contributed by atoms with van der Waals surface area (Å²) in [6.07, 6.45) is 1.51. The van der Waals surface area contributed by atoms with Crippen LogP contribution in [-0.2, 0) is 0 Å². The second-order valence-electron chi connectivity index (χ2n) is 4.15. The first kappa shape index (κ1) is 15.4. The molecule has 0 bridgehead atoms. The first-order chi connectivity index (χ1) is 9.58. The molecule has 108 valence electrons. The number of halogens is 3. The van der Waals surface area contributed by atoms with Crippen molar-refractivity contribution in [1.29, 1.82) is 0 Å². The second-order valence-corrected chi connectivity index (χ2v) is 5.34. The Bertz CT molecular complexity index is 594. The Morgan fingerprint density at radius 3 is 2.30 bits per heavy atom. The van der Waals surface area contributed by atoms with Crippen molar-refractivity contribution in [3.63, 3.8) is 0 Å². The average Bonchev–Trinajstić information content (AvgIpc) is 2.84. The number of hydrogen-bond acceptors (Lipinski definition) is 3. The molecule has 1 aromatic heterocycles. The zero-order chi connectivity index (χ0) is 14.7. The Hall–Kier alpha value is -1.03. The van der Waals surface area contributed by atoms with E-state index in [-0.39, 0.29) is 0 Å². The molecule has 0 saturated heterocycles. The molecule has 0 saturated carbocycles. The van der Waals surface area contributed by atoms with Crippen molar-refractivity contribution < 1.29 is 4.42 Å². The molecule has 0 amide bonds. The Morgan fingerprint density at radius 2 is 1.75 bits per heavy atom. The van der Waals surface area contributed by atoms with Crippen LogP contribution in [0.5, 0.6) is 0 Å². The molecule has 1 N–H and O–H groups in total. The van der Waals surface area contributed by atoms with Crippen LogP contribution in [0.2, 0.25) is 15.1 Å². The number of benzene rings is 1. The van der Waals surface area contributed by atoms with Crippen LogP contribution >= 0.6 is 34.8 Å². The minimum atomic E-state index is 0.448. The van der Waals surface area contributed by atoms with Gasteiger partial charge in [0, 0.05) is 13.1 Å². The smallest absolute Gasteiger partial charge is 0.215 e. The monoisotopic (exact) mass is 332 g/mol. The molecule has 0 atom stereocenters. The summed E-state index contributed by atoms with van der Waals surface area (Å²) in [5, 5.41) is 4.54. The van der Waals surface area contributed by atoms with Crippen LogP contribution in [-0.4, -0.2) is 13.1 Å². The molecule has 0 spiro atoms. The van der Waals surface area contributed by atoms with Gasteiger partial charge in [-0.15, -0.1) is 0 Å². The Morgan fingerprint density at radius 1 is 1.05 bits per heavy atom. The molecule has 0 aliphatic heterocycles. The number of furan rings is 1. The highest BCUT2D eigenvalue weighted by Crippen LogP contribution is 2.41. The molecule has 0 aliphatic carbocycles. The van der Waals surface area contributed by atoms with E-state index < -0.39 is 0 Å². The van der Waals surface area contributed by atoms with Crippen LogP contribution in [0, 0.1) is 0 Å². The molecule has 0 unspecified atom stereocenters. The molecular formula is C14H15Cl3N2O. The highest BCUT2D eigenvalue weighted by Gasteiger charge is 2.17. The van der Waals surface area contributed by atoms with E-state index >= 15 is 0 Å². The predicted molar refractivity (Wildman–Crippen MR) is 87.0 cm³/mol. The molecule has 20 heavy (non-hydrogen) atoms. The quantitative estimate of drug-likeness (QED) is 0.746. The van der Waals surface area contributed by atoms with Gasteiger partial charge in [0.1, 0.15) is 5.02 Å². The van der Waals surface area contributed by atoms with E-state index in [1.54, 1.807) is 12.1 Å². The molecule has 0 fully saturated rings. The number of nitrogens with zero attached hydrogens (tertiary/aromatic N) is 1. The lowest BCUT2D eigenvalue weighted by Crippen LogP contribution is -2.22. The summed E-state index contributed by atoms with van der Waals surface area (Å²) in [6.45, 7) is 5.87. The van der Waals surface area contributed by atoms with Crippen molar-refractivity contribution >= 4 is 52.1 Å². The lowest BCUT2D eigenvalue weighted by molar-refractivity contribution is 0.585. The third-order valence-electron chi connectivity index (χ3n) is 3.03. The van der Waals surface area contributed by atoms with Gasteiger partial charge in [-0.2, -0.15) is 0 Å². The normalized spacial score (nSPS) is 10.7. The van der Waals surface area contributed by atoms with Crippen LogP contribution in [0.4, 0.5) is 17.3 Å². The molecule has 3 nitrogen and oxygen atoms in total. The van der Waals surface area contributed by atoms with Crippen molar-refractivity contribution in [1.82, 2.24) is 0 Å². The summed E-state index contributed by atoms with van der Waals surface area (Å²) in [6, 6.07) is 5.38. The van der Waals surface area contributed by atoms with Crippen molar-refractivity contribution in [2.45, 2.75) is 13.8 Å². The van der Waals surface area contributed by atoms with Crippen molar-refractivity contribution in [2.75, 3.05) is 23.3 Å². The Balaban J connectivity index is 2.48. The number of nitrogens with one attached hydrogen (secondary N) is 1. The number of rotatable bonds is 5. The van der Waals surface area contributed by atoms with Gasteiger partial charge in [-0.05, 0) is 32.0 Å². The third-order valence-corrected chi connectivity index (χ3v) is 4.13. The van der Waals surface area contributed by atoms with E-state index in [9.17, 15) is 0 Å². The minimum absolute atomic E-state index is 0.448. The maximum absolute atomic E-state index is 6.32. The summed E-state index contributed by atoms with van der Waals surface area (Å²) < 4.78 is 5.30. The van der Waals surface area contributed by atoms with Gasteiger partial charge in [-0.3, -0.25) is 0 Å². The largest absolute Gasteiger partial charge is 0.447 e. The van der Waals surface area contributed by atoms with E-state index in [1.807, 2.05) is 6.07 Å². The van der Waals surface area contributed by atoms with Crippen LogP contribution in [0.15, 0.2) is 28.9 Å². The van der Waals surface area contributed by atoms with Crippen LogP contribution in [0.3, 0.4) is 0 Å². The highest BCUT2D eigenvalue weighted by atomic mass is 35.5. The topological polar surface area (TPSA) is 28.4 Å². The van der Waals surface area contributed by atoms with E-state index in [2.05, 4.69) is 24.1 Å². The molecule has 2 rings (SSSR count). The molecule has 6 heteroatoms. The third kappa shape index (κ3) is 3.00. The van der Waals surface area contributed by atoms with Crippen LogP contribution in [0.1, 0.15) is 13.8 Å². The van der Waals surface area contributed by atoms with E-state index in [0.29, 0.717) is 26.6 Å². The van der Waals surface area contributed by atoms with Gasteiger partial charge < -0.3 is 14.6 Å². The standard InChI is InChI=1S/C14H15Cl3N2O/c1-3-19(4-2)11-6-5-9(15)12(17)13(11)18-14-10(16)7-8-20-14/h5-8,18H,3-4H2,1-2H3. The summed E-state index contributed by atoms with van der Waals surface area (Å²) in [5.74, 6) is 0.448. The molecule has 1 heterocycles. The van der Waals surface area contributed by atoms with Crippen molar-refractivity contribution in [2.24, 2.45) is 0 Å². The first-order valence-corrected chi connectivity index (χ1v) is 7.44. The number of anilines is 3. The van der Waals surface area contributed by atoms with Gasteiger partial charge in [0.2, 0.25) is 5.88 Å².